The lowest BCUT2D eigenvalue weighted by Crippen LogP contribution is -2.34. The van der Waals surface area contributed by atoms with Gasteiger partial charge < -0.3 is 15.4 Å². The van der Waals surface area contributed by atoms with E-state index in [4.69, 9.17) is 17.0 Å². The molecule has 0 saturated carbocycles. The molecule has 188 valence electrons. The fraction of sp³-hybridized carbons (Fsp3) is 0.276. The van der Waals surface area contributed by atoms with Gasteiger partial charge in [0.05, 0.1) is 12.6 Å². The van der Waals surface area contributed by atoms with Gasteiger partial charge in [0.25, 0.3) is 11.8 Å². The Morgan fingerprint density at radius 3 is 2.14 bits per heavy atom. The summed E-state index contributed by atoms with van der Waals surface area (Å²) in [6, 6.07) is 23.6. The van der Waals surface area contributed by atoms with Gasteiger partial charge in [0.2, 0.25) is 0 Å². The van der Waals surface area contributed by atoms with Gasteiger partial charge in [-0.05, 0) is 79.7 Å². The number of benzene rings is 3. The lowest BCUT2D eigenvalue weighted by molar-refractivity contribution is 0.0938. The molecule has 0 heterocycles. The summed E-state index contributed by atoms with van der Waals surface area (Å²) in [5.41, 5.74) is 2.72. The Morgan fingerprint density at radius 1 is 0.833 bits per heavy atom. The van der Waals surface area contributed by atoms with Crippen molar-refractivity contribution in [1.29, 1.82) is 0 Å². The number of anilines is 1. The number of hydrogen-bond donors (Lipinski definition) is 3. The summed E-state index contributed by atoms with van der Waals surface area (Å²) in [5, 5.41) is 8.81. The van der Waals surface area contributed by atoms with E-state index in [1.165, 1.54) is 12.8 Å². The average molecular weight is 504 g/mol. The molecule has 3 N–H and O–H groups in total. The van der Waals surface area contributed by atoms with Gasteiger partial charge in [-0.1, -0.05) is 56.5 Å². The van der Waals surface area contributed by atoms with Crippen molar-refractivity contribution in [2.45, 2.75) is 45.6 Å². The molecule has 0 spiro atoms. The summed E-state index contributed by atoms with van der Waals surface area (Å²) >= 11 is 5.28. The summed E-state index contributed by atoms with van der Waals surface area (Å²) in [6.45, 7) is 4.79. The highest BCUT2D eigenvalue weighted by Gasteiger charge is 2.12. The van der Waals surface area contributed by atoms with E-state index in [0.717, 1.165) is 24.2 Å². The molecule has 0 aliphatic rings. The van der Waals surface area contributed by atoms with E-state index >= 15 is 0 Å². The summed E-state index contributed by atoms with van der Waals surface area (Å²) < 4.78 is 5.72. The van der Waals surface area contributed by atoms with E-state index in [-0.39, 0.29) is 23.0 Å². The molecule has 2 amide bonds. The quantitative estimate of drug-likeness (QED) is 0.212. The number of carbonyl (C=O) groups excluding carboxylic acids is 2. The maximum atomic E-state index is 12.6. The highest BCUT2D eigenvalue weighted by molar-refractivity contribution is 7.80. The highest BCUT2D eigenvalue weighted by Crippen LogP contribution is 2.15. The van der Waals surface area contributed by atoms with Gasteiger partial charge in [-0.15, -0.1) is 0 Å². The first-order chi connectivity index (χ1) is 17.5. The van der Waals surface area contributed by atoms with Crippen LogP contribution in [0.3, 0.4) is 0 Å². The van der Waals surface area contributed by atoms with Gasteiger partial charge in [-0.3, -0.25) is 14.9 Å². The zero-order valence-electron chi connectivity index (χ0n) is 20.8. The lowest BCUT2D eigenvalue weighted by atomic mass is 10.1. The Balaban J connectivity index is 1.45. The smallest absolute Gasteiger partial charge is 0.257 e. The van der Waals surface area contributed by atoms with Crippen molar-refractivity contribution >= 4 is 34.8 Å². The van der Waals surface area contributed by atoms with Gasteiger partial charge in [0.15, 0.2) is 5.11 Å². The van der Waals surface area contributed by atoms with E-state index in [1.807, 2.05) is 37.3 Å². The number of unbranched alkanes of at least 4 members (excludes halogenated alkanes) is 3. The summed E-state index contributed by atoms with van der Waals surface area (Å²) in [6.07, 6.45) is 4.58. The molecule has 0 bridgehead atoms. The fourth-order valence-electron chi connectivity index (χ4n) is 3.57. The molecular weight excluding hydrogens is 470 g/mol. The van der Waals surface area contributed by atoms with Crippen molar-refractivity contribution < 1.29 is 14.3 Å². The fourth-order valence-corrected chi connectivity index (χ4v) is 3.78. The number of nitrogens with one attached hydrogen (secondary N) is 3. The average Bonchev–Trinajstić information content (AvgIpc) is 2.89. The van der Waals surface area contributed by atoms with Crippen LogP contribution in [-0.2, 0) is 0 Å². The second-order valence-electron chi connectivity index (χ2n) is 8.52. The van der Waals surface area contributed by atoms with Gasteiger partial charge in [0, 0.05) is 16.8 Å². The molecule has 0 aliphatic carbocycles. The van der Waals surface area contributed by atoms with Crippen LogP contribution in [0.2, 0.25) is 0 Å². The minimum atomic E-state index is -0.312. The van der Waals surface area contributed by atoms with Crippen LogP contribution in [0.25, 0.3) is 0 Å². The number of carbonyl (C=O) groups is 2. The first kappa shape index (κ1) is 26.9. The predicted octanol–water partition coefficient (Wildman–Crippen LogP) is 6.26. The normalized spacial score (nSPS) is 11.3. The number of amides is 2. The molecule has 7 heteroatoms. The number of hydrogen-bond acceptors (Lipinski definition) is 4. The van der Waals surface area contributed by atoms with Gasteiger partial charge in [-0.25, -0.2) is 0 Å². The molecule has 0 radical (unpaired) electrons. The standard InChI is InChI=1S/C29H33N3O3S/c1-3-4-5-9-20-35-26-18-14-24(15-19-26)28(34)32-29(36)31-25-16-12-23(13-17-25)27(33)30-21(2)22-10-7-6-8-11-22/h6-8,10-19,21H,3-5,9,20H2,1-2H3,(H,30,33)(H2,31,32,34,36). The second kappa shape index (κ2) is 14.0. The molecule has 36 heavy (non-hydrogen) atoms. The van der Waals surface area contributed by atoms with E-state index < -0.39 is 0 Å². The lowest BCUT2D eigenvalue weighted by Gasteiger charge is -2.15. The van der Waals surface area contributed by atoms with Crippen LogP contribution in [0, 0.1) is 0 Å². The monoisotopic (exact) mass is 503 g/mol. The van der Waals surface area contributed by atoms with E-state index in [0.29, 0.717) is 23.4 Å². The molecule has 3 rings (SSSR count). The van der Waals surface area contributed by atoms with Crippen molar-refractivity contribution in [2.24, 2.45) is 0 Å². The Bertz CT molecular complexity index is 1130. The maximum absolute atomic E-state index is 12.6. The van der Waals surface area contributed by atoms with Gasteiger partial charge in [0.1, 0.15) is 5.75 Å². The van der Waals surface area contributed by atoms with Crippen LogP contribution in [0.15, 0.2) is 78.9 Å². The topological polar surface area (TPSA) is 79.5 Å². The van der Waals surface area contributed by atoms with Gasteiger partial charge >= 0.3 is 0 Å². The summed E-state index contributed by atoms with van der Waals surface area (Å²) in [7, 11) is 0. The first-order valence-corrected chi connectivity index (χ1v) is 12.7. The molecule has 1 atom stereocenters. The maximum Gasteiger partial charge on any atom is 0.257 e. The molecule has 3 aromatic carbocycles. The number of rotatable bonds is 11. The molecular formula is C29H33N3O3S. The minimum Gasteiger partial charge on any atom is -0.494 e. The molecule has 1 unspecified atom stereocenters. The summed E-state index contributed by atoms with van der Waals surface area (Å²) in [4.78, 5) is 25.1. The largest absolute Gasteiger partial charge is 0.494 e. The Kier molecular flexibility index (Phi) is 10.5. The molecule has 0 fully saturated rings. The zero-order chi connectivity index (χ0) is 25.8. The minimum absolute atomic E-state index is 0.106. The first-order valence-electron chi connectivity index (χ1n) is 12.3. The van der Waals surface area contributed by atoms with E-state index in [9.17, 15) is 9.59 Å². The van der Waals surface area contributed by atoms with Crippen molar-refractivity contribution in [1.82, 2.24) is 10.6 Å². The Morgan fingerprint density at radius 2 is 1.47 bits per heavy atom. The van der Waals surface area contributed by atoms with E-state index in [1.54, 1.807) is 48.5 Å². The zero-order valence-corrected chi connectivity index (χ0v) is 21.6. The Labute approximate surface area is 218 Å². The van der Waals surface area contributed by atoms with Crippen LogP contribution in [0.1, 0.15) is 71.9 Å². The molecule has 3 aromatic rings. The second-order valence-corrected chi connectivity index (χ2v) is 8.93. The van der Waals surface area contributed by atoms with Crippen LogP contribution in [0.5, 0.6) is 5.75 Å². The van der Waals surface area contributed by atoms with Crippen LogP contribution in [-0.4, -0.2) is 23.5 Å². The van der Waals surface area contributed by atoms with Gasteiger partial charge in [-0.2, -0.15) is 0 Å². The molecule has 0 saturated heterocycles. The summed E-state index contributed by atoms with van der Waals surface area (Å²) in [5.74, 6) is 0.265. The SMILES string of the molecule is CCCCCCOc1ccc(C(=O)NC(=S)Nc2ccc(C(=O)NC(C)c3ccccc3)cc2)cc1. The third kappa shape index (κ3) is 8.50. The third-order valence-electron chi connectivity index (χ3n) is 5.66. The van der Waals surface area contributed by atoms with E-state index in [2.05, 4.69) is 22.9 Å². The van der Waals surface area contributed by atoms with Crippen molar-refractivity contribution in [2.75, 3.05) is 11.9 Å². The molecule has 6 nitrogen and oxygen atoms in total. The van der Waals surface area contributed by atoms with Crippen molar-refractivity contribution in [3.05, 3.63) is 95.6 Å². The molecule has 0 aromatic heterocycles. The van der Waals surface area contributed by atoms with Crippen molar-refractivity contribution in [3.8, 4) is 5.75 Å². The number of ether oxygens (including phenoxy) is 1. The highest BCUT2D eigenvalue weighted by atomic mass is 32.1. The Hall–Kier alpha value is -3.71. The number of thiocarbonyl (C=S) groups is 1. The van der Waals surface area contributed by atoms with Crippen LogP contribution < -0.4 is 20.7 Å². The third-order valence-corrected chi connectivity index (χ3v) is 5.87. The van der Waals surface area contributed by atoms with Crippen molar-refractivity contribution in [3.63, 3.8) is 0 Å². The van der Waals surface area contributed by atoms with Crippen LogP contribution in [0.4, 0.5) is 5.69 Å². The molecule has 0 aliphatic heterocycles. The predicted molar refractivity (Wildman–Crippen MR) is 149 cm³/mol. The van der Waals surface area contributed by atoms with Crippen LogP contribution >= 0.6 is 12.2 Å².